The lowest BCUT2D eigenvalue weighted by molar-refractivity contribution is 0.252. The predicted molar refractivity (Wildman–Crippen MR) is 123 cm³/mol. The highest BCUT2D eigenvalue weighted by molar-refractivity contribution is 5.90. The first kappa shape index (κ1) is 21.1. The van der Waals surface area contributed by atoms with E-state index in [1.54, 1.807) is 0 Å². The van der Waals surface area contributed by atoms with Crippen LogP contribution in [0, 0.1) is 27.7 Å². The van der Waals surface area contributed by atoms with Gasteiger partial charge < -0.3 is 21.3 Å². The van der Waals surface area contributed by atoms with E-state index in [0.717, 1.165) is 34.0 Å². The minimum Gasteiger partial charge on any atom is -0.352 e. The number of nitrogens with zero attached hydrogens (tertiary/aromatic N) is 2. The molecule has 2 aromatic carbocycles. The number of carbonyl (C=O) groups is 1. The number of hydrogen-bond donors (Lipinski definition) is 4. The average molecular weight is 405 g/mol. The number of benzene rings is 2. The number of hydrogen-bond acceptors (Lipinski definition) is 5. The lowest BCUT2D eigenvalue weighted by atomic mass is 10.1. The summed E-state index contributed by atoms with van der Waals surface area (Å²) >= 11 is 0. The molecule has 0 atom stereocenters. The van der Waals surface area contributed by atoms with Crippen LogP contribution in [0.25, 0.3) is 0 Å². The van der Waals surface area contributed by atoms with Crippen LogP contribution in [0.15, 0.2) is 48.5 Å². The average Bonchev–Trinajstić information content (AvgIpc) is 2.69. The van der Waals surface area contributed by atoms with Gasteiger partial charge in [0.1, 0.15) is 5.82 Å². The molecule has 0 saturated heterocycles. The molecule has 0 aliphatic heterocycles. The van der Waals surface area contributed by atoms with E-state index in [1.807, 2.05) is 69.3 Å². The zero-order valence-electron chi connectivity index (χ0n) is 17.8. The Kier molecular flexibility index (Phi) is 6.85. The molecule has 30 heavy (non-hydrogen) atoms. The van der Waals surface area contributed by atoms with E-state index in [0.29, 0.717) is 19.0 Å². The van der Waals surface area contributed by atoms with Gasteiger partial charge >= 0.3 is 6.03 Å². The third-order valence-electron chi connectivity index (χ3n) is 4.50. The van der Waals surface area contributed by atoms with Crippen LogP contribution in [0.1, 0.15) is 22.4 Å². The molecule has 1 aromatic heterocycles. The van der Waals surface area contributed by atoms with Crippen molar-refractivity contribution in [3.05, 3.63) is 70.9 Å². The fourth-order valence-corrected chi connectivity index (χ4v) is 2.97. The Morgan fingerprint density at radius 2 is 1.60 bits per heavy atom. The second-order valence-corrected chi connectivity index (χ2v) is 7.34. The number of aryl methyl sites for hydroxylation is 4. The van der Waals surface area contributed by atoms with Crippen molar-refractivity contribution in [2.45, 2.75) is 27.7 Å². The van der Waals surface area contributed by atoms with E-state index in [9.17, 15) is 4.79 Å². The molecule has 7 heteroatoms. The van der Waals surface area contributed by atoms with Gasteiger partial charge in [0.2, 0.25) is 5.95 Å². The molecule has 3 rings (SSSR count). The van der Waals surface area contributed by atoms with Crippen molar-refractivity contribution < 1.29 is 4.79 Å². The fraction of sp³-hybridized carbons (Fsp3) is 0.261. The Morgan fingerprint density at radius 1 is 0.867 bits per heavy atom. The maximum atomic E-state index is 12.1. The molecule has 0 saturated carbocycles. The smallest absolute Gasteiger partial charge is 0.319 e. The predicted octanol–water partition coefficient (Wildman–Crippen LogP) is 4.69. The normalized spacial score (nSPS) is 10.4. The van der Waals surface area contributed by atoms with Gasteiger partial charge in [0.25, 0.3) is 0 Å². The molecule has 0 radical (unpaired) electrons. The number of rotatable bonds is 7. The van der Waals surface area contributed by atoms with Crippen LogP contribution >= 0.6 is 0 Å². The molecule has 0 fully saturated rings. The standard InChI is InChI=1S/C23H28N6O/c1-15-5-8-19(9-6-15)27-21-14-18(4)26-22(29-21)24-11-12-25-23(30)28-20-10-7-16(2)13-17(20)3/h5-10,13-14H,11-12H2,1-4H3,(H2,25,28,30)(H2,24,26,27,29). The van der Waals surface area contributed by atoms with E-state index in [-0.39, 0.29) is 6.03 Å². The van der Waals surface area contributed by atoms with Crippen LogP contribution in [0.4, 0.5) is 27.9 Å². The summed E-state index contributed by atoms with van der Waals surface area (Å²) < 4.78 is 0. The second kappa shape index (κ2) is 9.73. The quantitative estimate of drug-likeness (QED) is 0.429. The largest absolute Gasteiger partial charge is 0.352 e. The Labute approximate surface area is 177 Å². The van der Waals surface area contributed by atoms with Gasteiger partial charge in [0.15, 0.2) is 0 Å². The Bertz CT molecular complexity index is 1020. The second-order valence-electron chi connectivity index (χ2n) is 7.34. The number of nitrogens with one attached hydrogen (secondary N) is 4. The van der Waals surface area contributed by atoms with Crippen LogP contribution in [0.3, 0.4) is 0 Å². The topological polar surface area (TPSA) is 91.0 Å². The molecule has 4 N–H and O–H groups in total. The van der Waals surface area contributed by atoms with Gasteiger partial charge in [-0.25, -0.2) is 9.78 Å². The van der Waals surface area contributed by atoms with E-state index in [2.05, 4.69) is 38.2 Å². The van der Waals surface area contributed by atoms with Gasteiger partial charge in [-0.1, -0.05) is 35.4 Å². The molecular weight excluding hydrogens is 376 g/mol. The summed E-state index contributed by atoms with van der Waals surface area (Å²) in [6.07, 6.45) is 0. The highest BCUT2D eigenvalue weighted by Gasteiger charge is 2.05. The van der Waals surface area contributed by atoms with Gasteiger partial charge in [-0.05, 0) is 51.5 Å². The summed E-state index contributed by atoms with van der Waals surface area (Å²) in [7, 11) is 0. The number of carbonyl (C=O) groups excluding carboxylic acids is 1. The third kappa shape index (κ3) is 6.20. The van der Waals surface area contributed by atoms with E-state index >= 15 is 0 Å². The van der Waals surface area contributed by atoms with Gasteiger partial charge in [-0.2, -0.15) is 4.98 Å². The van der Waals surface area contributed by atoms with E-state index in [1.165, 1.54) is 5.56 Å². The van der Waals surface area contributed by atoms with Crippen molar-refractivity contribution in [1.82, 2.24) is 15.3 Å². The van der Waals surface area contributed by atoms with Crippen molar-refractivity contribution in [2.24, 2.45) is 0 Å². The third-order valence-corrected chi connectivity index (χ3v) is 4.50. The summed E-state index contributed by atoms with van der Waals surface area (Å²) in [6, 6.07) is 15.7. The molecule has 0 bridgehead atoms. The summed E-state index contributed by atoms with van der Waals surface area (Å²) in [5.74, 6) is 1.23. The number of anilines is 4. The maximum Gasteiger partial charge on any atom is 0.319 e. The van der Waals surface area contributed by atoms with Crippen molar-refractivity contribution in [3.63, 3.8) is 0 Å². The fourth-order valence-electron chi connectivity index (χ4n) is 2.97. The molecule has 0 unspecified atom stereocenters. The van der Waals surface area contributed by atoms with E-state index < -0.39 is 0 Å². The first-order valence-corrected chi connectivity index (χ1v) is 9.94. The zero-order chi connectivity index (χ0) is 21.5. The molecule has 0 aliphatic rings. The number of urea groups is 1. The van der Waals surface area contributed by atoms with Gasteiger partial charge in [0.05, 0.1) is 0 Å². The van der Waals surface area contributed by atoms with Crippen LogP contribution in [-0.2, 0) is 0 Å². The summed E-state index contributed by atoms with van der Waals surface area (Å²) in [4.78, 5) is 21.0. The first-order valence-electron chi connectivity index (χ1n) is 9.94. The van der Waals surface area contributed by atoms with Crippen LogP contribution in [-0.4, -0.2) is 29.1 Å². The molecule has 1 heterocycles. The zero-order valence-corrected chi connectivity index (χ0v) is 17.8. The van der Waals surface area contributed by atoms with Gasteiger partial charge in [0, 0.05) is 36.2 Å². The van der Waals surface area contributed by atoms with Crippen molar-refractivity contribution in [2.75, 3.05) is 29.0 Å². The number of amides is 2. The van der Waals surface area contributed by atoms with Crippen LogP contribution < -0.4 is 21.3 Å². The van der Waals surface area contributed by atoms with Crippen LogP contribution in [0.5, 0.6) is 0 Å². The van der Waals surface area contributed by atoms with Gasteiger partial charge in [-0.15, -0.1) is 0 Å². The first-order chi connectivity index (χ1) is 14.4. The molecule has 2 amide bonds. The summed E-state index contributed by atoms with van der Waals surface area (Å²) in [6.45, 7) is 8.92. The minimum atomic E-state index is -0.240. The highest BCUT2D eigenvalue weighted by atomic mass is 16.2. The van der Waals surface area contributed by atoms with Gasteiger partial charge in [-0.3, -0.25) is 0 Å². The lowest BCUT2D eigenvalue weighted by Gasteiger charge is -2.12. The monoisotopic (exact) mass is 404 g/mol. The maximum absolute atomic E-state index is 12.1. The number of aromatic nitrogens is 2. The summed E-state index contributed by atoms with van der Waals surface area (Å²) in [5, 5.41) is 12.1. The van der Waals surface area contributed by atoms with Crippen molar-refractivity contribution in [1.29, 1.82) is 0 Å². The minimum absolute atomic E-state index is 0.240. The summed E-state index contributed by atoms with van der Waals surface area (Å²) in [5.41, 5.74) is 6.02. The Hall–Kier alpha value is -3.61. The highest BCUT2D eigenvalue weighted by Crippen LogP contribution is 2.17. The molecule has 7 nitrogen and oxygen atoms in total. The Balaban J connectivity index is 1.49. The van der Waals surface area contributed by atoms with Crippen molar-refractivity contribution in [3.8, 4) is 0 Å². The van der Waals surface area contributed by atoms with Crippen LogP contribution in [0.2, 0.25) is 0 Å². The molecule has 0 spiro atoms. The Morgan fingerprint density at radius 3 is 2.33 bits per heavy atom. The van der Waals surface area contributed by atoms with E-state index in [4.69, 9.17) is 0 Å². The SMILES string of the molecule is Cc1ccc(Nc2cc(C)nc(NCCNC(=O)Nc3ccc(C)cc3C)n2)cc1. The molecular formula is C23H28N6O. The molecule has 156 valence electrons. The molecule has 0 aliphatic carbocycles. The molecule has 3 aromatic rings. The van der Waals surface area contributed by atoms with Crippen molar-refractivity contribution >= 4 is 29.2 Å². The lowest BCUT2D eigenvalue weighted by Crippen LogP contribution is -2.33.